The van der Waals surface area contributed by atoms with Crippen molar-refractivity contribution < 1.29 is 9.90 Å². The minimum absolute atomic E-state index is 0.488. The first-order valence-corrected chi connectivity index (χ1v) is 5.70. The zero-order chi connectivity index (χ0) is 10.8. The van der Waals surface area contributed by atoms with Gasteiger partial charge in [0.25, 0.3) is 0 Å². The van der Waals surface area contributed by atoms with Gasteiger partial charge in [-0.25, -0.2) is 0 Å². The van der Waals surface area contributed by atoms with E-state index >= 15 is 0 Å². The molecule has 0 aliphatic heterocycles. The van der Waals surface area contributed by atoms with E-state index in [9.17, 15) is 4.79 Å². The van der Waals surface area contributed by atoms with E-state index in [0.717, 1.165) is 8.66 Å². The highest BCUT2D eigenvalue weighted by atomic mass is 79.9. The fraction of sp³-hybridized carbons (Fsp3) is 0.300. The summed E-state index contributed by atoms with van der Waals surface area (Å²) in [7, 11) is 0. The Morgan fingerprint density at radius 3 is 2.79 bits per heavy atom. The van der Waals surface area contributed by atoms with Crippen molar-refractivity contribution in [3.8, 4) is 0 Å². The maximum atomic E-state index is 11.0. The molecule has 0 saturated heterocycles. The Morgan fingerprint density at radius 2 is 2.43 bits per heavy atom. The minimum atomic E-state index is -0.871. The predicted octanol–water partition coefficient (Wildman–Crippen LogP) is 3.33. The molecule has 1 rings (SSSR count). The van der Waals surface area contributed by atoms with Gasteiger partial charge in [-0.1, -0.05) is 6.08 Å². The van der Waals surface area contributed by atoms with Crippen LogP contribution in [0.5, 0.6) is 0 Å². The second kappa shape index (κ2) is 4.28. The van der Waals surface area contributed by atoms with Gasteiger partial charge in [0, 0.05) is 11.3 Å². The molecule has 0 fully saturated rings. The molecule has 1 atom stereocenters. The van der Waals surface area contributed by atoms with Crippen molar-refractivity contribution in [2.24, 2.45) is 5.41 Å². The normalized spacial score (nSPS) is 14.7. The van der Waals surface area contributed by atoms with Gasteiger partial charge in [0.2, 0.25) is 0 Å². The molecule has 0 aliphatic carbocycles. The highest BCUT2D eigenvalue weighted by Gasteiger charge is 2.30. The summed E-state index contributed by atoms with van der Waals surface area (Å²) in [6.07, 6.45) is 1.98. The quantitative estimate of drug-likeness (QED) is 0.856. The summed E-state index contributed by atoms with van der Waals surface area (Å²) in [6.45, 7) is 5.25. The van der Waals surface area contributed by atoms with E-state index in [0.29, 0.717) is 6.42 Å². The van der Waals surface area contributed by atoms with E-state index in [-0.39, 0.29) is 0 Å². The molecule has 1 unspecified atom stereocenters. The van der Waals surface area contributed by atoms with Crippen LogP contribution in [0.2, 0.25) is 0 Å². The van der Waals surface area contributed by atoms with Crippen LogP contribution >= 0.6 is 27.3 Å². The predicted molar refractivity (Wildman–Crippen MR) is 61.7 cm³/mol. The van der Waals surface area contributed by atoms with E-state index in [1.165, 1.54) is 6.08 Å². The van der Waals surface area contributed by atoms with Crippen LogP contribution in [0, 0.1) is 5.41 Å². The maximum absolute atomic E-state index is 11.0. The fourth-order valence-electron chi connectivity index (χ4n) is 1.04. The smallest absolute Gasteiger partial charge is 0.313 e. The molecule has 4 heteroatoms. The first-order chi connectivity index (χ1) is 6.48. The molecule has 0 spiro atoms. The Morgan fingerprint density at radius 1 is 1.79 bits per heavy atom. The highest BCUT2D eigenvalue weighted by molar-refractivity contribution is 9.11. The van der Waals surface area contributed by atoms with Crippen molar-refractivity contribution in [3.05, 3.63) is 33.5 Å². The largest absolute Gasteiger partial charge is 0.481 e. The Bertz CT molecular complexity index is 359. The molecular formula is C10H11BrO2S. The second-order valence-electron chi connectivity index (χ2n) is 3.31. The zero-order valence-electron chi connectivity index (χ0n) is 7.79. The molecule has 0 bridgehead atoms. The van der Waals surface area contributed by atoms with Crippen LogP contribution in [0.25, 0.3) is 0 Å². The van der Waals surface area contributed by atoms with Crippen molar-refractivity contribution in [1.82, 2.24) is 0 Å². The van der Waals surface area contributed by atoms with Crippen molar-refractivity contribution in [3.63, 3.8) is 0 Å². The van der Waals surface area contributed by atoms with E-state index in [1.54, 1.807) is 18.3 Å². The lowest BCUT2D eigenvalue weighted by Crippen LogP contribution is -2.27. The third kappa shape index (κ3) is 2.45. The van der Waals surface area contributed by atoms with Gasteiger partial charge in [0.05, 0.1) is 9.20 Å². The number of halogens is 1. The maximum Gasteiger partial charge on any atom is 0.313 e. The van der Waals surface area contributed by atoms with E-state index in [1.807, 2.05) is 12.1 Å². The number of thiophene rings is 1. The topological polar surface area (TPSA) is 37.3 Å². The van der Waals surface area contributed by atoms with E-state index in [2.05, 4.69) is 22.5 Å². The molecule has 0 aliphatic rings. The standard InChI is InChI=1S/C10H11BrO2S/c1-3-10(2,9(12)13)6-7-4-5-8(11)14-7/h3-5H,1,6H2,2H3,(H,12,13). The van der Waals surface area contributed by atoms with E-state index in [4.69, 9.17) is 5.11 Å². The van der Waals surface area contributed by atoms with Crippen molar-refractivity contribution in [2.75, 3.05) is 0 Å². The molecule has 76 valence electrons. The van der Waals surface area contributed by atoms with Crippen LogP contribution in [0.15, 0.2) is 28.6 Å². The molecule has 0 amide bonds. The van der Waals surface area contributed by atoms with Gasteiger partial charge >= 0.3 is 5.97 Å². The summed E-state index contributed by atoms with van der Waals surface area (Å²) in [5.41, 5.74) is -0.871. The van der Waals surface area contributed by atoms with Gasteiger partial charge in [-0.2, -0.15) is 0 Å². The second-order valence-corrected chi connectivity index (χ2v) is 5.86. The summed E-state index contributed by atoms with van der Waals surface area (Å²) in [5, 5.41) is 9.02. The molecule has 1 aromatic heterocycles. The van der Waals surface area contributed by atoms with Gasteiger partial charge in [-0.15, -0.1) is 17.9 Å². The summed E-state index contributed by atoms with van der Waals surface area (Å²) in [5.74, 6) is -0.836. The average molecular weight is 275 g/mol. The summed E-state index contributed by atoms with van der Waals surface area (Å²) in [6, 6.07) is 3.85. The molecular weight excluding hydrogens is 264 g/mol. The number of carboxylic acids is 1. The van der Waals surface area contributed by atoms with Gasteiger partial charge in [0.1, 0.15) is 0 Å². The van der Waals surface area contributed by atoms with Crippen LogP contribution in [0.1, 0.15) is 11.8 Å². The fourth-order valence-corrected chi connectivity index (χ4v) is 2.69. The van der Waals surface area contributed by atoms with Crippen LogP contribution in [0.3, 0.4) is 0 Å². The lowest BCUT2D eigenvalue weighted by atomic mass is 9.86. The average Bonchev–Trinajstić information content (AvgIpc) is 2.50. The van der Waals surface area contributed by atoms with E-state index < -0.39 is 11.4 Å². The van der Waals surface area contributed by atoms with Crippen LogP contribution in [0.4, 0.5) is 0 Å². The lowest BCUT2D eigenvalue weighted by Gasteiger charge is -2.18. The summed E-state index contributed by atoms with van der Waals surface area (Å²) in [4.78, 5) is 12.0. The first-order valence-electron chi connectivity index (χ1n) is 4.09. The molecule has 0 radical (unpaired) electrons. The minimum Gasteiger partial charge on any atom is -0.481 e. The number of hydrogen-bond donors (Lipinski definition) is 1. The highest BCUT2D eigenvalue weighted by Crippen LogP contribution is 2.30. The van der Waals surface area contributed by atoms with Crippen LogP contribution in [-0.4, -0.2) is 11.1 Å². The van der Waals surface area contributed by atoms with Gasteiger partial charge in [-0.05, 0) is 35.0 Å². The third-order valence-corrected chi connectivity index (χ3v) is 3.73. The number of carboxylic acid groups (broad SMARTS) is 1. The van der Waals surface area contributed by atoms with Crippen LogP contribution in [-0.2, 0) is 11.2 Å². The number of carbonyl (C=O) groups is 1. The molecule has 1 N–H and O–H groups in total. The zero-order valence-corrected chi connectivity index (χ0v) is 10.2. The number of hydrogen-bond acceptors (Lipinski definition) is 2. The molecule has 2 nitrogen and oxygen atoms in total. The van der Waals surface area contributed by atoms with Gasteiger partial charge in [-0.3, -0.25) is 4.79 Å². The summed E-state index contributed by atoms with van der Waals surface area (Å²) < 4.78 is 1.02. The monoisotopic (exact) mass is 274 g/mol. The summed E-state index contributed by atoms with van der Waals surface area (Å²) >= 11 is 4.90. The first kappa shape index (κ1) is 11.5. The Kier molecular flexibility index (Phi) is 3.50. The van der Waals surface area contributed by atoms with Gasteiger partial charge < -0.3 is 5.11 Å². The van der Waals surface area contributed by atoms with Gasteiger partial charge in [0.15, 0.2) is 0 Å². The van der Waals surface area contributed by atoms with Crippen molar-refractivity contribution in [1.29, 1.82) is 0 Å². The lowest BCUT2D eigenvalue weighted by molar-refractivity contribution is -0.145. The van der Waals surface area contributed by atoms with Crippen molar-refractivity contribution in [2.45, 2.75) is 13.3 Å². The number of aliphatic carboxylic acids is 1. The molecule has 0 saturated carbocycles. The molecule has 14 heavy (non-hydrogen) atoms. The number of rotatable bonds is 4. The van der Waals surface area contributed by atoms with Crippen LogP contribution < -0.4 is 0 Å². The molecule has 1 heterocycles. The third-order valence-electron chi connectivity index (χ3n) is 2.11. The molecule has 0 aromatic carbocycles. The Labute approximate surface area is 95.4 Å². The Balaban J connectivity index is 2.85. The Hall–Kier alpha value is -0.610. The van der Waals surface area contributed by atoms with Crippen molar-refractivity contribution >= 4 is 33.2 Å². The SMILES string of the molecule is C=CC(C)(Cc1ccc(Br)s1)C(=O)O. The molecule has 1 aromatic rings.